The number of nitrogens with one attached hydrogen (secondary N) is 1. The van der Waals surface area contributed by atoms with Crippen LogP contribution < -0.4 is 11.1 Å². The second-order valence-electron chi connectivity index (χ2n) is 5.65. The summed E-state index contributed by atoms with van der Waals surface area (Å²) in [5.74, 6) is -0.260. The Morgan fingerprint density at radius 3 is 2.33 bits per heavy atom. The quantitative estimate of drug-likeness (QED) is 0.548. The fourth-order valence-corrected chi connectivity index (χ4v) is 2.85. The molecule has 3 nitrogen and oxygen atoms in total. The maximum atomic E-state index is 14.9. The van der Waals surface area contributed by atoms with Gasteiger partial charge in [0.05, 0.1) is 0 Å². The molecule has 0 aromatic heterocycles. The fraction of sp³-hybridized carbons (Fsp3) is 0.136. The third-order valence-electron chi connectivity index (χ3n) is 3.83. The van der Waals surface area contributed by atoms with Crippen molar-refractivity contribution in [3.63, 3.8) is 0 Å². The number of anilines is 1. The summed E-state index contributed by atoms with van der Waals surface area (Å²) >= 11 is 6.01. The molecule has 27 heavy (non-hydrogen) atoms. The molecule has 0 aliphatic heterocycles. The third kappa shape index (κ3) is 5.56. The van der Waals surface area contributed by atoms with Gasteiger partial charge < -0.3 is 11.1 Å². The number of rotatable bonds is 4. The van der Waals surface area contributed by atoms with Crippen molar-refractivity contribution >= 4 is 23.3 Å². The summed E-state index contributed by atoms with van der Waals surface area (Å²) in [6.07, 6.45) is 0.442. The van der Waals surface area contributed by atoms with Crippen molar-refractivity contribution in [1.29, 1.82) is 0 Å². The number of carbonyl (C=O) groups excluding carboxylic acids is 1. The van der Waals surface area contributed by atoms with Gasteiger partial charge in [0.2, 0.25) is 0 Å². The van der Waals surface area contributed by atoms with Crippen LogP contribution in [0.5, 0.6) is 0 Å². The second kappa shape index (κ2) is 9.74. The molecular weight excluding hydrogens is 363 g/mol. The molecule has 0 fully saturated rings. The predicted molar refractivity (Wildman–Crippen MR) is 111 cm³/mol. The lowest BCUT2D eigenvalue weighted by atomic mass is 9.98. The monoisotopic (exact) mass is 384 g/mol. The number of nitrogens with two attached hydrogens (primary N) is 1. The predicted octanol–water partition coefficient (Wildman–Crippen LogP) is 6.25. The molecule has 0 aliphatic carbocycles. The van der Waals surface area contributed by atoms with Crippen LogP contribution in [0.1, 0.15) is 25.0 Å². The number of hydrogen-bond acceptors (Lipinski definition) is 1. The zero-order chi connectivity index (χ0) is 19.8. The Kier molecular flexibility index (Phi) is 7.38. The smallest absolute Gasteiger partial charge is 0.316 e. The number of halogens is 2. The Morgan fingerprint density at radius 1 is 1.04 bits per heavy atom. The van der Waals surface area contributed by atoms with Crippen LogP contribution >= 0.6 is 11.6 Å². The molecule has 0 radical (unpaired) electrons. The lowest BCUT2D eigenvalue weighted by molar-refractivity contribution is 0.259. The molecule has 0 saturated carbocycles. The molecule has 0 atom stereocenters. The Labute approximate surface area is 164 Å². The Balaban J connectivity index is 0.00000126. The van der Waals surface area contributed by atoms with Gasteiger partial charge in [0, 0.05) is 22.7 Å². The average Bonchev–Trinajstić information content (AvgIpc) is 2.66. The number of primary amides is 1. The molecule has 0 heterocycles. The summed E-state index contributed by atoms with van der Waals surface area (Å²) in [6, 6.07) is 19.0. The van der Waals surface area contributed by atoms with Crippen LogP contribution in [0.4, 0.5) is 14.9 Å². The van der Waals surface area contributed by atoms with Gasteiger partial charge in [-0.05, 0) is 41.0 Å². The first-order valence-electron chi connectivity index (χ1n) is 8.71. The fourth-order valence-electron chi connectivity index (χ4n) is 2.66. The molecule has 3 aromatic carbocycles. The first kappa shape index (κ1) is 20.5. The van der Waals surface area contributed by atoms with Gasteiger partial charge >= 0.3 is 6.03 Å². The summed E-state index contributed by atoms with van der Waals surface area (Å²) in [6.45, 7) is 4.00. The minimum Gasteiger partial charge on any atom is -0.351 e. The summed E-state index contributed by atoms with van der Waals surface area (Å²) in [5.41, 5.74) is 8.46. The van der Waals surface area contributed by atoms with E-state index >= 15 is 0 Å². The molecular formula is C22H22ClFN2O. The van der Waals surface area contributed by atoms with Gasteiger partial charge in [-0.2, -0.15) is 0 Å². The van der Waals surface area contributed by atoms with Crippen LogP contribution in [0.3, 0.4) is 0 Å². The summed E-state index contributed by atoms with van der Waals surface area (Å²) in [7, 11) is 0. The summed E-state index contributed by atoms with van der Waals surface area (Å²) in [5, 5.41) is 3.06. The molecule has 5 heteroatoms. The Morgan fingerprint density at radius 2 is 1.70 bits per heavy atom. The minimum atomic E-state index is -0.618. The van der Waals surface area contributed by atoms with Crippen LogP contribution in [-0.2, 0) is 6.42 Å². The van der Waals surface area contributed by atoms with E-state index in [4.69, 9.17) is 17.3 Å². The van der Waals surface area contributed by atoms with E-state index in [9.17, 15) is 9.18 Å². The van der Waals surface area contributed by atoms with Crippen molar-refractivity contribution in [3.05, 3.63) is 88.7 Å². The molecule has 3 N–H and O–H groups in total. The van der Waals surface area contributed by atoms with Gasteiger partial charge in [0.1, 0.15) is 5.82 Å². The van der Waals surface area contributed by atoms with Crippen LogP contribution in [0.15, 0.2) is 66.7 Å². The zero-order valence-electron chi connectivity index (χ0n) is 15.3. The highest BCUT2D eigenvalue weighted by Crippen LogP contribution is 2.28. The maximum absolute atomic E-state index is 14.9. The number of hydrogen-bond donors (Lipinski definition) is 2. The van der Waals surface area contributed by atoms with Crippen LogP contribution in [-0.4, -0.2) is 6.03 Å². The third-order valence-corrected chi connectivity index (χ3v) is 4.07. The van der Waals surface area contributed by atoms with E-state index in [0.717, 1.165) is 11.1 Å². The molecule has 0 saturated heterocycles. The van der Waals surface area contributed by atoms with Crippen molar-refractivity contribution in [2.75, 3.05) is 5.32 Å². The first-order chi connectivity index (χ1) is 13.0. The van der Waals surface area contributed by atoms with Gasteiger partial charge in [0.25, 0.3) is 0 Å². The number of benzene rings is 3. The molecule has 3 aromatic rings. The topological polar surface area (TPSA) is 55.1 Å². The maximum Gasteiger partial charge on any atom is 0.316 e. The average molecular weight is 385 g/mol. The molecule has 0 bridgehead atoms. The molecule has 2 amide bonds. The van der Waals surface area contributed by atoms with E-state index in [1.165, 1.54) is 0 Å². The summed E-state index contributed by atoms with van der Waals surface area (Å²) in [4.78, 5) is 10.8. The first-order valence-corrected chi connectivity index (χ1v) is 9.09. The van der Waals surface area contributed by atoms with Gasteiger partial charge in [0.15, 0.2) is 0 Å². The van der Waals surface area contributed by atoms with E-state index < -0.39 is 6.03 Å². The highest BCUT2D eigenvalue weighted by Gasteiger charge is 2.11. The Bertz CT molecular complexity index is 910. The second-order valence-corrected chi connectivity index (χ2v) is 6.09. The highest BCUT2D eigenvalue weighted by atomic mass is 35.5. The van der Waals surface area contributed by atoms with E-state index in [-0.39, 0.29) is 5.82 Å². The van der Waals surface area contributed by atoms with Gasteiger partial charge in [-0.25, -0.2) is 9.18 Å². The SMILES string of the molecule is CC.NC(=O)Nc1ccc(Cc2cccc(-c3cccc(Cl)c3)c2F)cc1. The number of urea groups is 1. The van der Waals surface area contributed by atoms with Crippen molar-refractivity contribution in [1.82, 2.24) is 0 Å². The van der Waals surface area contributed by atoms with Crippen molar-refractivity contribution in [2.24, 2.45) is 5.73 Å². The van der Waals surface area contributed by atoms with Gasteiger partial charge in [-0.3, -0.25) is 0 Å². The lowest BCUT2D eigenvalue weighted by Crippen LogP contribution is -2.19. The van der Waals surface area contributed by atoms with Crippen molar-refractivity contribution < 1.29 is 9.18 Å². The number of amides is 2. The van der Waals surface area contributed by atoms with Crippen molar-refractivity contribution in [3.8, 4) is 11.1 Å². The van der Waals surface area contributed by atoms with Crippen LogP contribution in [0, 0.1) is 5.82 Å². The number of carbonyl (C=O) groups is 1. The molecule has 3 rings (SSSR count). The van der Waals surface area contributed by atoms with Gasteiger partial charge in [-0.15, -0.1) is 0 Å². The minimum absolute atomic E-state index is 0.260. The molecule has 140 valence electrons. The normalized spacial score (nSPS) is 9.93. The standard InChI is InChI=1S/C20H16ClFN2O.C2H6/c21-16-5-1-3-14(12-16)18-6-2-4-15(19(18)22)11-13-7-9-17(10-8-13)24-20(23)25;1-2/h1-10,12H,11H2,(H3,23,24,25);1-2H3. The van der Waals surface area contributed by atoms with E-state index in [0.29, 0.717) is 28.3 Å². The van der Waals surface area contributed by atoms with Crippen LogP contribution in [0.25, 0.3) is 11.1 Å². The van der Waals surface area contributed by atoms with Crippen LogP contribution in [0.2, 0.25) is 5.02 Å². The molecule has 0 aliphatic rings. The molecule has 0 unspecified atom stereocenters. The van der Waals surface area contributed by atoms with Gasteiger partial charge in [-0.1, -0.05) is 67.9 Å². The van der Waals surface area contributed by atoms with E-state index in [1.807, 2.05) is 38.1 Å². The van der Waals surface area contributed by atoms with E-state index in [1.54, 1.807) is 42.5 Å². The summed E-state index contributed by atoms with van der Waals surface area (Å²) < 4.78 is 14.9. The lowest BCUT2D eigenvalue weighted by Gasteiger charge is -2.10. The van der Waals surface area contributed by atoms with Crippen molar-refractivity contribution in [2.45, 2.75) is 20.3 Å². The largest absolute Gasteiger partial charge is 0.351 e. The molecule has 0 spiro atoms. The highest BCUT2D eigenvalue weighted by molar-refractivity contribution is 6.30. The Hall–Kier alpha value is -2.85. The zero-order valence-corrected chi connectivity index (χ0v) is 16.1. The van der Waals surface area contributed by atoms with E-state index in [2.05, 4.69) is 5.32 Å².